The smallest absolute Gasteiger partial charge is 0.141 e. The van der Waals surface area contributed by atoms with Crippen LogP contribution in [0.5, 0.6) is 5.75 Å². The molecule has 0 aliphatic heterocycles. The van der Waals surface area contributed by atoms with Crippen molar-refractivity contribution in [3.8, 4) is 5.75 Å². The highest BCUT2D eigenvalue weighted by Gasteiger charge is 2.10. The molecular formula is C15H17FN2O. The van der Waals surface area contributed by atoms with E-state index in [4.69, 9.17) is 10.5 Å². The Balaban J connectivity index is 2.11. The average molecular weight is 260 g/mol. The monoisotopic (exact) mass is 260 g/mol. The third-order valence-corrected chi connectivity index (χ3v) is 2.91. The van der Waals surface area contributed by atoms with Crippen LogP contribution in [0.3, 0.4) is 0 Å². The fraction of sp³-hybridized carbons (Fsp3) is 0.267. The first-order valence-electron chi connectivity index (χ1n) is 6.27. The summed E-state index contributed by atoms with van der Waals surface area (Å²) in [6, 6.07) is 9.01. The van der Waals surface area contributed by atoms with Crippen LogP contribution in [-0.4, -0.2) is 4.98 Å². The van der Waals surface area contributed by atoms with E-state index in [2.05, 4.69) is 4.98 Å². The summed E-state index contributed by atoms with van der Waals surface area (Å²) in [7, 11) is 0. The lowest BCUT2D eigenvalue weighted by Gasteiger charge is -2.15. The predicted molar refractivity (Wildman–Crippen MR) is 72.2 cm³/mol. The topological polar surface area (TPSA) is 48.1 Å². The van der Waals surface area contributed by atoms with Crippen LogP contribution in [0, 0.1) is 5.82 Å². The molecule has 1 aromatic heterocycles. The molecule has 2 rings (SSSR count). The second-order valence-corrected chi connectivity index (χ2v) is 4.35. The third kappa shape index (κ3) is 3.51. The second kappa shape index (κ2) is 6.29. The summed E-state index contributed by atoms with van der Waals surface area (Å²) in [5.41, 5.74) is 7.70. The zero-order valence-electron chi connectivity index (χ0n) is 10.8. The van der Waals surface area contributed by atoms with Gasteiger partial charge in [0.05, 0.1) is 6.20 Å². The molecule has 2 aromatic rings. The van der Waals surface area contributed by atoms with Gasteiger partial charge in [-0.3, -0.25) is 4.98 Å². The molecule has 1 atom stereocenters. The molecule has 100 valence electrons. The highest BCUT2D eigenvalue weighted by atomic mass is 19.1. The van der Waals surface area contributed by atoms with Crippen LogP contribution in [0.1, 0.15) is 30.5 Å². The van der Waals surface area contributed by atoms with Gasteiger partial charge in [-0.05, 0) is 18.6 Å². The second-order valence-electron chi connectivity index (χ2n) is 4.35. The van der Waals surface area contributed by atoms with Gasteiger partial charge in [0, 0.05) is 23.4 Å². The van der Waals surface area contributed by atoms with E-state index in [0.29, 0.717) is 5.56 Å². The Bertz CT molecular complexity index is 545. The van der Waals surface area contributed by atoms with E-state index in [9.17, 15) is 4.39 Å². The van der Waals surface area contributed by atoms with Crippen LogP contribution in [0.25, 0.3) is 0 Å². The van der Waals surface area contributed by atoms with Crippen LogP contribution in [0.4, 0.5) is 4.39 Å². The number of aromatic nitrogens is 1. The number of halogens is 1. The number of nitrogens with zero attached hydrogens (tertiary/aromatic N) is 1. The lowest BCUT2D eigenvalue weighted by molar-refractivity contribution is 0.299. The maximum atomic E-state index is 13.0. The van der Waals surface area contributed by atoms with E-state index in [1.54, 1.807) is 6.20 Å². The maximum absolute atomic E-state index is 13.0. The van der Waals surface area contributed by atoms with Crippen LogP contribution in [-0.2, 0) is 6.61 Å². The molecule has 1 aromatic carbocycles. The van der Waals surface area contributed by atoms with Crippen molar-refractivity contribution >= 4 is 0 Å². The molecule has 0 fully saturated rings. The van der Waals surface area contributed by atoms with Gasteiger partial charge in [-0.25, -0.2) is 4.39 Å². The Morgan fingerprint density at radius 3 is 2.84 bits per heavy atom. The standard InChI is InChI=1S/C15H17FN2O/c1-2-14(17)13-5-3-4-6-15(13)19-10-11-7-12(16)9-18-8-11/h3-9,14H,2,10,17H2,1H3. The molecule has 0 spiro atoms. The number of hydrogen-bond acceptors (Lipinski definition) is 3. The van der Waals surface area contributed by atoms with Crippen molar-refractivity contribution in [3.05, 3.63) is 59.7 Å². The molecule has 0 bridgehead atoms. The maximum Gasteiger partial charge on any atom is 0.141 e. The first-order chi connectivity index (χ1) is 9.20. The van der Waals surface area contributed by atoms with Gasteiger partial charge >= 0.3 is 0 Å². The average Bonchev–Trinajstić information content (AvgIpc) is 2.45. The lowest BCUT2D eigenvalue weighted by atomic mass is 10.0. The zero-order chi connectivity index (χ0) is 13.7. The van der Waals surface area contributed by atoms with Gasteiger partial charge in [-0.15, -0.1) is 0 Å². The van der Waals surface area contributed by atoms with Gasteiger partial charge in [0.1, 0.15) is 18.2 Å². The summed E-state index contributed by atoms with van der Waals surface area (Å²) in [4.78, 5) is 3.79. The highest BCUT2D eigenvalue weighted by Crippen LogP contribution is 2.26. The summed E-state index contributed by atoms with van der Waals surface area (Å²) in [5, 5.41) is 0. The minimum absolute atomic E-state index is 0.0539. The summed E-state index contributed by atoms with van der Waals surface area (Å²) < 4.78 is 18.7. The van der Waals surface area contributed by atoms with Gasteiger partial charge in [0.25, 0.3) is 0 Å². The van der Waals surface area contributed by atoms with Gasteiger partial charge in [0.15, 0.2) is 0 Å². The number of pyridine rings is 1. The van der Waals surface area contributed by atoms with Gasteiger partial charge in [-0.2, -0.15) is 0 Å². The summed E-state index contributed by atoms with van der Waals surface area (Å²) in [5.74, 6) is 0.376. The van der Waals surface area contributed by atoms with E-state index < -0.39 is 0 Å². The summed E-state index contributed by atoms with van der Waals surface area (Å²) in [6.07, 6.45) is 3.60. The van der Waals surface area contributed by atoms with Crippen molar-refractivity contribution in [3.63, 3.8) is 0 Å². The van der Waals surface area contributed by atoms with E-state index in [0.717, 1.165) is 17.7 Å². The quantitative estimate of drug-likeness (QED) is 0.898. The van der Waals surface area contributed by atoms with Crippen LogP contribution >= 0.6 is 0 Å². The van der Waals surface area contributed by atoms with E-state index in [1.807, 2.05) is 31.2 Å². The fourth-order valence-corrected chi connectivity index (χ4v) is 1.83. The van der Waals surface area contributed by atoms with Gasteiger partial charge < -0.3 is 10.5 Å². The molecule has 0 saturated heterocycles. The van der Waals surface area contributed by atoms with E-state index in [-0.39, 0.29) is 18.5 Å². The molecule has 0 radical (unpaired) electrons. The Morgan fingerprint density at radius 2 is 2.11 bits per heavy atom. The molecule has 0 amide bonds. The van der Waals surface area contributed by atoms with Crippen molar-refractivity contribution in [1.29, 1.82) is 0 Å². The first-order valence-corrected chi connectivity index (χ1v) is 6.27. The molecule has 19 heavy (non-hydrogen) atoms. The van der Waals surface area contributed by atoms with Crippen LogP contribution < -0.4 is 10.5 Å². The lowest BCUT2D eigenvalue weighted by Crippen LogP contribution is -2.10. The predicted octanol–water partition coefficient (Wildman–Crippen LogP) is 3.21. The van der Waals surface area contributed by atoms with Crippen molar-refractivity contribution in [2.45, 2.75) is 26.0 Å². The molecule has 4 heteroatoms. The molecule has 3 nitrogen and oxygen atoms in total. The molecule has 1 unspecified atom stereocenters. The molecule has 0 aliphatic rings. The number of para-hydroxylation sites is 1. The fourth-order valence-electron chi connectivity index (χ4n) is 1.83. The van der Waals surface area contributed by atoms with Gasteiger partial charge in [-0.1, -0.05) is 25.1 Å². The largest absolute Gasteiger partial charge is 0.489 e. The van der Waals surface area contributed by atoms with Gasteiger partial charge in [0.2, 0.25) is 0 Å². The summed E-state index contributed by atoms with van der Waals surface area (Å²) >= 11 is 0. The van der Waals surface area contributed by atoms with Crippen molar-refractivity contribution in [1.82, 2.24) is 4.98 Å². The Morgan fingerprint density at radius 1 is 1.32 bits per heavy atom. The third-order valence-electron chi connectivity index (χ3n) is 2.91. The van der Waals surface area contributed by atoms with Crippen LogP contribution in [0.15, 0.2) is 42.7 Å². The SMILES string of the molecule is CCC(N)c1ccccc1OCc1cncc(F)c1. The number of hydrogen-bond donors (Lipinski definition) is 1. The van der Waals surface area contributed by atoms with Crippen molar-refractivity contribution in [2.24, 2.45) is 5.73 Å². The number of benzene rings is 1. The number of ether oxygens (including phenoxy) is 1. The number of rotatable bonds is 5. The Hall–Kier alpha value is -1.94. The van der Waals surface area contributed by atoms with Crippen molar-refractivity contribution < 1.29 is 9.13 Å². The molecule has 2 N–H and O–H groups in total. The molecular weight excluding hydrogens is 243 g/mol. The van der Waals surface area contributed by atoms with Crippen molar-refractivity contribution in [2.75, 3.05) is 0 Å². The normalized spacial score (nSPS) is 12.2. The molecule has 1 heterocycles. The van der Waals surface area contributed by atoms with E-state index >= 15 is 0 Å². The Labute approximate surface area is 112 Å². The summed E-state index contributed by atoms with van der Waals surface area (Å²) in [6.45, 7) is 2.30. The minimum Gasteiger partial charge on any atom is -0.489 e. The van der Waals surface area contributed by atoms with Crippen LogP contribution in [0.2, 0.25) is 0 Å². The van der Waals surface area contributed by atoms with E-state index in [1.165, 1.54) is 12.3 Å². The zero-order valence-corrected chi connectivity index (χ0v) is 10.8. The minimum atomic E-state index is -0.361. The first kappa shape index (κ1) is 13.5. The Kier molecular flexibility index (Phi) is 4.47. The number of nitrogens with two attached hydrogens (primary N) is 1. The molecule has 0 aliphatic carbocycles. The molecule has 0 saturated carbocycles. The highest BCUT2D eigenvalue weighted by molar-refractivity contribution is 5.35.